The lowest BCUT2D eigenvalue weighted by atomic mass is 10.0. The Kier molecular flexibility index (Phi) is 5.04. The summed E-state index contributed by atoms with van der Waals surface area (Å²) in [7, 11) is 3.31. The summed E-state index contributed by atoms with van der Waals surface area (Å²) in [6, 6.07) is 4.05. The Hall–Kier alpha value is -1.48. The largest absolute Gasteiger partial charge is 0.496 e. The first-order valence-corrected chi connectivity index (χ1v) is 5.79. The van der Waals surface area contributed by atoms with Crippen LogP contribution in [-0.4, -0.2) is 20.3 Å². The first-order valence-electron chi connectivity index (χ1n) is 5.79. The molecule has 0 radical (unpaired) electrons. The van der Waals surface area contributed by atoms with Crippen molar-refractivity contribution in [2.24, 2.45) is 5.73 Å². The molecule has 0 aromatic heterocycles. The van der Waals surface area contributed by atoms with E-state index in [0.29, 0.717) is 0 Å². The van der Waals surface area contributed by atoms with Gasteiger partial charge in [-0.05, 0) is 30.5 Å². The van der Waals surface area contributed by atoms with Crippen LogP contribution in [0.5, 0.6) is 11.5 Å². The molecule has 94 valence electrons. The average Bonchev–Trinajstić information content (AvgIpc) is 2.37. The molecule has 0 aliphatic heterocycles. The number of benzene rings is 1. The maximum absolute atomic E-state index is 5.97. The van der Waals surface area contributed by atoms with Gasteiger partial charge in [-0.25, -0.2) is 0 Å². The summed E-state index contributed by atoms with van der Waals surface area (Å²) in [5.74, 6) is 1.64. The standard InChI is InChI=1S/C14H21NO2/c1-5-10-8-14(17-4)11(7-12(15)6-2)9-13(10)16-3/h5,8-9,12H,1,6-7,15H2,2-4H3. The number of nitrogens with two attached hydrogens (primary N) is 1. The third-order valence-corrected chi connectivity index (χ3v) is 2.86. The van der Waals surface area contributed by atoms with E-state index in [2.05, 4.69) is 13.5 Å². The van der Waals surface area contributed by atoms with Crippen LogP contribution in [0.15, 0.2) is 18.7 Å². The highest BCUT2D eigenvalue weighted by Gasteiger charge is 2.11. The molecule has 1 aromatic rings. The van der Waals surface area contributed by atoms with Crippen LogP contribution >= 0.6 is 0 Å². The molecule has 0 bridgehead atoms. The van der Waals surface area contributed by atoms with E-state index in [9.17, 15) is 0 Å². The van der Waals surface area contributed by atoms with Gasteiger partial charge >= 0.3 is 0 Å². The van der Waals surface area contributed by atoms with Crippen molar-refractivity contribution < 1.29 is 9.47 Å². The second-order valence-corrected chi connectivity index (χ2v) is 3.98. The molecule has 0 spiro atoms. The third kappa shape index (κ3) is 3.24. The molecule has 17 heavy (non-hydrogen) atoms. The monoisotopic (exact) mass is 235 g/mol. The minimum Gasteiger partial charge on any atom is -0.496 e. The molecule has 0 heterocycles. The van der Waals surface area contributed by atoms with Gasteiger partial charge in [0.1, 0.15) is 11.5 Å². The molecule has 1 atom stereocenters. The van der Waals surface area contributed by atoms with Gasteiger partial charge in [-0.2, -0.15) is 0 Å². The van der Waals surface area contributed by atoms with Gasteiger partial charge in [0.25, 0.3) is 0 Å². The lowest BCUT2D eigenvalue weighted by molar-refractivity contribution is 0.396. The Morgan fingerprint density at radius 3 is 2.41 bits per heavy atom. The van der Waals surface area contributed by atoms with Crippen LogP contribution in [0.4, 0.5) is 0 Å². The van der Waals surface area contributed by atoms with Crippen LogP contribution in [0.3, 0.4) is 0 Å². The molecule has 0 aliphatic rings. The predicted molar refractivity (Wildman–Crippen MR) is 71.6 cm³/mol. The first-order chi connectivity index (χ1) is 8.15. The highest BCUT2D eigenvalue weighted by molar-refractivity contribution is 5.60. The van der Waals surface area contributed by atoms with Crippen molar-refractivity contribution in [1.29, 1.82) is 0 Å². The van der Waals surface area contributed by atoms with Gasteiger partial charge in [0.15, 0.2) is 0 Å². The van der Waals surface area contributed by atoms with Crippen molar-refractivity contribution in [2.75, 3.05) is 14.2 Å². The Bertz CT molecular complexity index is 388. The first kappa shape index (κ1) is 13.6. The lowest BCUT2D eigenvalue weighted by Crippen LogP contribution is -2.21. The molecule has 0 fully saturated rings. The summed E-state index contributed by atoms with van der Waals surface area (Å²) in [6.07, 6.45) is 3.48. The topological polar surface area (TPSA) is 44.5 Å². The molecule has 0 aliphatic carbocycles. The van der Waals surface area contributed by atoms with Crippen LogP contribution in [0.1, 0.15) is 24.5 Å². The molecule has 0 saturated heterocycles. The minimum atomic E-state index is 0.142. The molecule has 3 nitrogen and oxygen atoms in total. The van der Waals surface area contributed by atoms with Crippen LogP contribution in [0, 0.1) is 0 Å². The molecule has 0 saturated carbocycles. The van der Waals surface area contributed by atoms with Crippen LogP contribution in [-0.2, 0) is 6.42 Å². The Balaban J connectivity index is 3.14. The summed E-state index contributed by atoms with van der Waals surface area (Å²) in [5.41, 5.74) is 7.98. The molecule has 1 unspecified atom stereocenters. The highest BCUT2D eigenvalue weighted by Crippen LogP contribution is 2.30. The quantitative estimate of drug-likeness (QED) is 0.824. The summed E-state index contributed by atoms with van der Waals surface area (Å²) in [6.45, 7) is 5.84. The van der Waals surface area contributed by atoms with Gasteiger partial charge in [0.05, 0.1) is 14.2 Å². The average molecular weight is 235 g/mol. The Labute approximate surface area is 103 Å². The summed E-state index contributed by atoms with van der Waals surface area (Å²) < 4.78 is 10.7. The van der Waals surface area contributed by atoms with E-state index in [4.69, 9.17) is 15.2 Å². The molecule has 0 amide bonds. The summed E-state index contributed by atoms with van der Waals surface area (Å²) in [5, 5.41) is 0. The van der Waals surface area contributed by atoms with Crippen molar-refractivity contribution in [1.82, 2.24) is 0 Å². The Morgan fingerprint density at radius 2 is 1.94 bits per heavy atom. The second-order valence-electron chi connectivity index (χ2n) is 3.98. The van der Waals surface area contributed by atoms with Gasteiger partial charge < -0.3 is 15.2 Å². The smallest absolute Gasteiger partial charge is 0.126 e. The van der Waals surface area contributed by atoms with E-state index in [1.54, 1.807) is 20.3 Å². The fourth-order valence-corrected chi connectivity index (χ4v) is 1.73. The van der Waals surface area contributed by atoms with Crippen molar-refractivity contribution >= 4 is 6.08 Å². The van der Waals surface area contributed by atoms with Crippen LogP contribution in [0.2, 0.25) is 0 Å². The number of ether oxygens (including phenoxy) is 2. The molecule has 1 rings (SSSR count). The van der Waals surface area contributed by atoms with E-state index >= 15 is 0 Å². The molecule has 2 N–H and O–H groups in total. The number of hydrogen-bond donors (Lipinski definition) is 1. The number of hydrogen-bond acceptors (Lipinski definition) is 3. The SMILES string of the molecule is C=Cc1cc(OC)c(CC(N)CC)cc1OC. The Morgan fingerprint density at radius 1 is 1.29 bits per heavy atom. The fourth-order valence-electron chi connectivity index (χ4n) is 1.73. The predicted octanol–water partition coefficient (Wildman–Crippen LogP) is 2.63. The zero-order valence-electron chi connectivity index (χ0n) is 10.8. The molecule has 3 heteroatoms. The summed E-state index contributed by atoms with van der Waals surface area (Å²) >= 11 is 0. The van der Waals surface area contributed by atoms with E-state index in [1.165, 1.54) is 0 Å². The molecule has 1 aromatic carbocycles. The molecular formula is C14H21NO2. The maximum atomic E-state index is 5.97. The van der Waals surface area contributed by atoms with E-state index in [0.717, 1.165) is 35.5 Å². The normalized spacial score (nSPS) is 12.0. The van der Waals surface area contributed by atoms with Crippen LogP contribution < -0.4 is 15.2 Å². The highest BCUT2D eigenvalue weighted by atomic mass is 16.5. The van der Waals surface area contributed by atoms with Gasteiger partial charge in [0.2, 0.25) is 0 Å². The zero-order valence-corrected chi connectivity index (χ0v) is 10.8. The van der Waals surface area contributed by atoms with Gasteiger partial charge in [0, 0.05) is 11.6 Å². The van der Waals surface area contributed by atoms with Crippen molar-refractivity contribution in [3.8, 4) is 11.5 Å². The number of methoxy groups -OCH3 is 2. The summed E-state index contributed by atoms with van der Waals surface area (Å²) in [4.78, 5) is 0. The van der Waals surface area contributed by atoms with E-state index in [1.807, 2.05) is 12.1 Å². The van der Waals surface area contributed by atoms with E-state index in [-0.39, 0.29) is 6.04 Å². The minimum absolute atomic E-state index is 0.142. The number of rotatable bonds is 6. The van der Waals surface area contributed by atoms with Gasteiger partial charge in [-0.15, -0.1) is 0 Å². The third-order valence-electron chi connectivity index (χ3n) is 2.86. The van der Waals surface area contributed by atoms with Crippen LogP contribution in [0.25, 0.3) is 6.08 Å². The lowest BCUT2D eigenvalue weighted by Gasteiger charge is -2.15. The second kappa shape index (κ2) is 6.30. The fraction of sp³-hybridized carbons (Fsp3) is 0.429. The zero-order chi connectivity index (χ0) is 12.8. The van der Waals surface area contributed by atoms with Crippen molar-refractivity contribution in [3.05, 3.63) is 29.8 Å². The van der Waals surface area contributed by atoms with Gasteiger partial charge in [-0.3, -0.25) is 0 Å². The van der Waals surface area contributed by atoms with Crippen molar-refractivity contribution in [2.45, 2.75) is 25.8 Å². The molecular weight excluding hydrogens is 214 g/mol. The van der Waals surface area contributed by atoms with Crippen molar-refractivity contribution in [3.63, 3.8) is 0 Å². The maximum Gasteiger partial charge on any atom is 0.126 e. The van der Waals surface area contributed by atoms with Gasteiger partial charge in [-0.1, -0.05) is 19.6 Å². The van der Waals surface area contributed by atoms with E-state index < -0.39 is 0 Å².